The van der Waals surface area contributed by atoms with Gasteiger partial charge in [-0.3, -0.25) is 0 Å². The standard InChI is InChI=1S/C23H37N6OPS/c1-21-11-13-22(14-12-21)30-23-24-25-26-31(32-23,27-15-5-2-6-16-27,28-17-7-3-8-18-28)29-19-9-4-10-20-29/h11-14H,2-10,15-20H2,1H3. The van der Waals surface area contributed by atoms with Crippen LogP contribution in [-0.2, 0) is 0 Å². The summed E-state index contributed by atoms with van der Waals surface area (Å²) in [5, 5.41) is 9.62. The zero-order valence-electron chi connectivity index (χ0n) is 19.4. The van der Waals surface area contributed by atoms with Crippen LogP contribution < -0.4 is 4.74 Å². The average Bonchev–Trinajstić information content (AvgIpc) is 2.87. The van der Waals surface area contributed by atoms with Crippen LogP contribution in [-0.4, -0.2) is 58.5 Å². The molecule has 5 rings (SSSR count). The maximum atomic E-state index is 6.37. The van der Waals surface area contributed by atoms with Crippen molar-refractivity contribution in [1.29, 1.82) is 0 Å². The van der Waals surface area contributed by atoms with Gasteiger partial charge in [0, 0.05) is 0 Å². The Kier molecular flexibility index (Phi) is 6.87. The summed E-state index contributed by atoms with van der Waals surface area (Å²) < 4.78 is 14.6. The molecule has 3 fully saturated rings. The van der Waals surface area contributed by atoms with E-state index >= 15 is 0 Å². The van der Waals surface area contributed by atoms with E-state index in [-0.39, 0.29) is 0 Å². The molecule has 0 bridgehead atoms. The fourth-order valence-electron chi connectivity index (χ4n) is 5.61. The molecule has 7 nitrogen and oxygen atoms in total. The molecule has 0 saturated carbocycles. The molecule has 0 aromatic heterocycles. The molecule has 32 heavy (non-hydrogen) atoms. The Bertz CT molecular complexity index is 796. The molecular weight excluding hydrogens is 439 g/mol. The summed E-state index contributed by atoms with van der Waals surface area (Å²) in [7, 11) is 0. The van der Waals surface area contributed by atoms with Crippen LogP contribution in [0.2, 0.25) is 0 Å². The molecule has 0 radical (unpaired) electrons. The van der Waals surface area contributed by atoms with Crippen LogP contribution in [0.15, 0.2) is 39.5 Å². The van der Waals surface area contributed by atoms with Crippen molar-refractivity contribution in [2.75, 3.05) is 39.3 Å². The van der Waals surface area contributed by atoms with Gasteiger partial charge in [0.15, 0.2) is 0 Å². The molecule has 176 valence electrons. The number of hydrogen-bond donors (Lipinski definition) is 0. The van der Waals surface area contributed by atoms with E-state index in [1.165, 1.54) is 63.4 Å². The molecule has 0 spiro atoms. The molecule has 0 atom stereocenters. The van der Waals surface area contributed by atoms with Crippen molar-refractivity contribution in [2.24, 2.45) is 15.2 Å². The van der Waals surface area contributed by atoms with Gasteiger partial charge in [-0.05, 0) is 0 Å². The Balaban J connectivity index is 1.57. The summed E-state index contributed by atoms with van der Waals surface area (Å²) in [4.78, 5) is 5.30. The van der Waals surface area contributed by atoms with E-state index in [9.17, 15) is 0 Å². The van der Waals surface area contributed by atoms with Gasteiger partial charge in [-0.2, -0.15) is 0 Å². The summed E-state index contributed by atoms with van der Waals surface area (Å²) in [6.07, 6.45) is 8.20. The quantitative estimate of drug-likeness (QED) is 0.469. The third-order valence-electron chi connectivity index (χ3n) is 7.27. The predicted octanol–water partition coefficient (Wildman–Crippen LogP) is 6.43. The molecule has 0 amide bonds. The van der Waals surface area contributed by atoms with Gasteiger partial charge in [-0.1, -0.05) is 0 Å². The number of nitrogens with zero attached hydrogens (tertiary/aromatic N) is 6. The molecule has 4 heterocycles. The molecule has 0 aliphatic carbocycles. The molecular formula is C23H37N6OPS. The van der Waals surface area contributed by atoms with Gasteiger partial charge in [0.25, 0.3) is 0 Å². The number of ether oxygens (including phenoxy) is 1. The average molecular weight is 477 g/mol. The van der Waals surface area contributed by atoms with E-state index in [2.05, 4.69) is 43.4 Å². The minimum absolute atomic E-state index is 0.656. The molecule has 1 aromatic carbocycles. The number of aryl methyl sites for hydroxylation is 1. The van der Waals surface area contributed by atoms with E-state index in [1.807, 2.05) is 23.5 Å². The third kappa shape index (κ3) is 4.03. The van der Waals surface area contributed by atoms with Gasteiger partial charge in [0.05, 0.1) is 0 Å². The van der Waals surface area contributed by atoms with Gasteiger partial charge < -0.3 is 0 Å². The van der Waals surface area contributed by atoms with Crippen molar-refractivity contribution < 1.29 is 4.74 Å². The number of benzene rings is 1. The normalized spacial score (nSPS) is 28.4. The van der Waals surface area contributed by atoms with E-state index in [1.54, 1.807) is 0 Å². The number of hydrogen-bond acceptors (Lipinski definition) is 8. The van der Waals surface area contributed by atoms with Gasteiger partial charge in [0.1, 0.15) is 0 Å². The summed E-state index contributed by atoms with van der Waals surface area (Å²) in [5.41, 5.74) is 1.23. The first-order valence-corrected chi connectivity index (χ1v) is 15.9. The molecule has 0 N–H and O–H groups in total. The van der Waals surface area contributed by atoms with Crippen molar-refractivity contribution in [1.82, 2.24) is 14.0 Å². The molecule has 3 saturated heterocycles. The maximum absolute atomic E-state index is 6.37. The first kappa shape index (κ1) is 22.7. The van der Waals surface area contributed by atoms with E-state index in [0.717, 1.165) is 45.0 Å². The van der Waals surface area contributed by atoms with Crippen LogP contribution >= 0.6 is 17.8 Å². The van der Waals surface area contributed by atoms with Crippen molar-refractivity contribution >= 4 is 23.0 Å². The van der Waals surface area contributed by atoms with Crippen LogP contribution in [0.4, 0.5) is 0 Å². The van der Waals surface area contributed by atoms with Crippen molar-refractivity contribution in [3.63, 3.8) is 0 Å². The molecule has 4 aliphatic heterocycles. The van der Waals surface area contributed by atoms with E-state index in [0.29, 0.717) is 5.23 Å². The Morgan fingerprint density at radius 2 is 1.19 bits per heavy atom. The Labute approximate surface area is 196 Å². The second-order valence-electron chi connectivity index (χ2n) is 9.46. The van der Waals surface area contributed by atoms with E-state index < -0.39 is 6.41 Å². The molecule has 4 aliphatic rings. The van der Waals surface area contributed by atoms with Crippen LogP contribution in [0.3, 0.4) is 0 Å². The second-order valence-corrected chi connectivity index (χ2v) is 16.1. The van der Waals surface area contributed by atoms with Gasteiger partial charge in [-0.15, -0.1) is 0 Å². The summed E-state index contributed by atoms with van der Waals surface area (Å²) in [5.74, 6) is 0.825. The molecule has 1 aromatic rings. The number of piperidine rings is 3. The van der Waals surface area contributed by atoms with E-state index in [4.69, 9.17) is 9.62 Å². The summed E-state index contributed by atoms with van der Waals surface area (Å²) in [6.45, 7) is 8.65. The zero-order valence-corrected chi connectivity index (χ0v) is 21.1. The SMILES string of the molecule is Cc1ccc(OC2=NN=NP(N3CCCCC3)(N3CCCCC3)(N3CCCCC3)S2)cc1. The fourth-order valence-corrected chi connectivity index (χ4v) is 14.8. The van der Waals surface area contributed by atoms with Crippen LogP contribution in [0.25, 0.3) is 0 Å². The third-order valence-corrected chi connectivity index (χ3v) is 16.2. The van der Waals surface area contributed by atoms with Crippen molar-refractivity contribution in [3.05, 3.63) is 29.8 Å². The Morgan fingerprint density at radius 1 is 0.719 bits per heavy atom. The Hall–Kier alpha value is -1.05. The molecule has 0 unspecified atom stereocenters. The minimum atomic E-state index is -3.16. The monoisotopic (exact) mass is 476 g/mol. The van der Waals surface area contributed by atoms with Crippen LogP contribution in [0.5, 0.6) is 5.75 Å². The summed E-state index contributed by atoms with van der Waals surface area (Å²) >= 11 is 1.82. The van der Waals surface area contributed by atoms with Gasteiger partial charge in [0.2, 0.25) is 0 Å². The zero-order chi connectivity index (χ0) is 21.9. The van der Waals surface area contributed by atoms with Gasteiger partial charge in [-0.25, -0.2) is 0 Å². The van der Waals surface area contributed by atoms with Crippen molar-refractivity contribution in [2.45, 2.75) is 64.7 Å². The first-order valence-electron chi connectivity index (χ1n) is 12.4. The van der Waals surface area contributed by atoms with Crippen LogP contribution in [0, 0.1) is 6.92 Å². The van der Waals surface area contributed by atoms with Crippen molar-refractivity contribution in [3.8, 4) is 5.75 Å². The first-order chi connectivity index (χ1) is 15.7. The van der Waals surface area contributed by atoms with Gasteiger partial charge >= 0.3 is 197 Å². The fraction of sp³-hybridized carbons (Fsp3) is 0.696. The predicted molar refractivity (Wildman–Crippen MR) is 135 cm³/mol. The summed E-state index contributed by atoms with van der Waals surface area (Å²) in [6, 6.07) is 8.23. The van der Waals surface area contributed by atoms with Crippen LogP contribution in [0.1, 0.15) is 63.4 Å². The Morgan fingerprint density at radius 3 is 1.66 bits per heavy atom. The topological polar surface area (TPSA) is 56.0 Å². The number of rotatable bonds is 4. The second kappa shape index (κ2) is 9.67. The molecule has 9 heteroatoms.